The number of benzene rings is 1. The molecule has 0 saturated carbocycles. The smallest absolute Gasteiger partial charge is 0.337 e. The van der Waals surface area contributed by atoms with Gasteiger partial charge >= 0.3 is 5.97 Å². The number of allylic oxidation sites excluding steroid dienone is 1. The molecule has 0 saturated heterocycles. The molecule has 0 radical (unpaired) electrons. The van der Waals surface area contributed by atoms with E-state index in [1.165, 1.54) is 0 Å². The van der Waals surface area contributed by atoms with Gasteiger partial charge in [0.25, 0.3) is 0 Å². The summed E-state index contributed by atoms with van der Waals surface area (Å²) in [6.45, 7) is 2.81. The molecule has 8 heteroatoms. The van der Waals surface area contributed by atoms with Gasteiger partial charge in [0.15, 0.2) is 6.04 Å². The van der Waals surface area contributed by atoms with Gasteiger partial charge in [-0.1, -0.05) is 33.6 Å². The zero-order valence-electron chi connectivity index (χ0n) is 13.3. The molecular weight excluding hydrogens is 408 g/mol. The van der Waals surface area contributed by atoms with E-state index in [-0.39, 0.29) is 6.61 Å². The van der Waals surface area contributed by atoms with Crippen molar-refractivity contribution in [2.24, 2.45) is 0 Å². The van der Waals surface area contributed by atoms with Gasteiger partial charge in [-0.15, -0.1) is 0 Å². The van der Waals surface area contributed by atoms with Crippen molar-refractivity contribution >= 4 is 50.5 Å². The summed E-state index contributed by atoms with van der Waals surface area (Å²) in [6.07, 6.45) is 7.47. The largest absolute Gasteiger partial charge is 0.464 e. The van der Waals surface area contributed by atoms with Gasteiger partial charge in [0.1, 0.15) is 5.69 Å². The predicted octanol–water partition coefficient (Wildman–Crippen LogP) is 3.83. The van der Waals surface area contributed by atoms with E-state index in [1.807, 2.05) is 22.8 Å². The number of imidazole rings is 1. The Labute approximate surface area is 157 Å². The van der Waals surface area contributed by atoms with E-state index >= 15 is 0 Å². The van der Waals surface area contributed by atoms with E-state index in [4.69, 9.17) is 16.3 Å². The first-order valence-corrected chi connectivity index (χ1v) is 8.97. The number of nitrogens with zero attached hydrogens (tertiary/aromatic N) is 4. The minimum absolute atomic E-state index is 0.286. The number of hydrogen-bond donors (Lipinski definition) is 0. The zero-order chi connectivity index (χ0) is 17.6. The average molecular weight is 422 g/mol. The van der Waals surface area contributed by atoms with Crippen LogP contribution >= 0.6 is 27.5 Å². The standard InChI is InChI=1S/C17H14BrClN4O2/c1-2-25-17(24)16(15-14-4-3-5-22(14)9-20-15)23-8-11-12(19)6-10(18)7-13(11)21-23/h3-4,6-9,16H,2,5H2,1H3. The molecular formula is C17H14BrClN4O2. The predicted molar refractivity (Wildman–Crippen MR) is 98.5 cm³/mol. The molecule has 6 nitrogen and oxygen atoms in total. The highest BCUT2D eigenvalue weighted by Gasteiger charge is 2.31. The first-order valence-electron chi connectivity index (χ1n) is 7.80. The maximum Gasteiger partial charge on any atom is 0.337 e. The molecule has 0 aliphatic carbocycles. The fourth-order valence-corrected chi connectivity index (χ4v) is 3.83. The second kappa shape index (κ2) is 6.31. The molecule has 2 aromatic heterocycles. The third-order valence-corrected chi connectivity index (χ3v) is 4.85. The molecule has 0 bridgehead atoms. The molecule has 1 unspecified atom stereocenters. The van der Waals surface area contributed by atoms with Crippen LogP contribution in [0.3, 0.4) is 0 Å². The van der Waals surface area contributed by atoms with Crippen LogP contribution in [0.2, 0.25) is 5.02 Å². The van der Waals surface area contributed by atoms with Crippen molar-refractivity contribution in [2.75, 3.05) is 6.61 Å². The van der Waals surface area contributed by atoms with E-state index in [9.17, 15) is 4.79 Å². The summed E-state index contributed by atoms with van der Waals surface area (Å²) in [6, 6.07) is 2.89. The first kappa shape index (κ1) is 16.4. The number of esters is 1. The summed E-state index contributed by atoms with van der Waals surface area (Å²) in [5.74, 6) is -0.396. The number of rotatable bonds is 4. The molecule has 1 aliphatic rings. The summed E-state index contributed by atoms with van der Waals surface area (Å²) in [4.78, 5) is 17.1. The normalized spacial score (nSPS) is 14.0. The van der Waals surface area contributed by atoms with Gasteiger partial charge in [-0.25, -0.2) is 9.78 Å². The molecule has 128 valence electrons. The van der Waals surface area contributed by atoms with Gasteiger partial charge in [-0.2, -0.15) is 5.10 Å². The second-order valence-corrected chi connectivity index (χ2v) is 6.98. The fourth-order valence-electron chi connectivity index (χ4n) is 2.99. The Balaban J connectivity index is 1.87. The molecule has 4 rings (SSSR count). The monoisotopic (exact) mass is 420 g/mol. The Morgan fingerprint density at radius 3 is 3.12 bits per heavy atom. The van der Waals surface area contributed by atoms with Crippen LogP contribution in [0, 0.1) is 0 Å². The fraction of sp³-hybridized carbons (Fsp3) is 0.235. The second-order valence-electron chi connectivity index (χ2n) is 5.65. The van der Waals surface area contributed by atoms with Crippen molar-refractivity contribution in [1.29, 1.82) is 0 Å². The molecule has 0 N–H and O–H groups in total. The highest BCUT2D eigenvalue weighted by Crippen LogP contribution is 2.31. The van der Waals surface area contributed by atoms with Gasteiger partial charge in [-0.05, 0) is 25.1 Å². The maximum atomic E-state index is 12.7. The van der Waals surface area contributed by atoms with E-state index in [0.717, 1.165) is 22.1 Å². The minimum Gasteiger partial charge on any atom is -0.464 e. The number of aromatic nitrogens is 4. The molecule has 0 fully saturated rings. The Morgan fingerprint density at radius 1 is 1.48 bits per heavy atom. The third-order valence-electron chi connectivity index (χ3n) is 4.08. The minimum atomic E-state index is -0.763. The summed E-state index contributed by atoms with van der Waals surface area (Å²) in [5, 5.41) is 5.88. The van der Waals surface area contributed by atoms with Gasteiger partial charge < -0.3 is 9.30 Å². The number of halogens is 2. The van der Waals surface area contributed by atoms with Crippen molar-refractivity contribution in [2.45, 2.75) is 19.5 Å². The van der Waals surface area contributed by atoms with Crippen molar-refractivity contribution in [3.05, 3.63) is 51.6 Å². The van der Waals surface area contributed by atoms with E-state index in [2.05, 4.69) is 26.0 Å². The highest BCUT2D eigenvalue weighted by atomic mass is 79.9. The summed E-state index contributed by atoms with van der Waals surface area (Å²) < 4.78 is 9.66. The number of hydrogen-bond acceptors (Lipinski definition) is 4. The van der Waals surface area contributed by atoms with Crippen molar-refractivity contribution in [3.63, 3.8) is 0 Å². The van der Waals surface area contributed by atoms with Gasteiger partial charge in [0.05, 0.1) is 29.2 Å². The van der Waals surface area contributed by atoms with E-state index in [1.54, 1.807) is 30.2 Å². The SMILES string of the molecule is CCOC(=O)C(c1ncn2c1C=CC2)n1cc2c(Cl)cc(Br)cc2n1. The lowest BCUT2D eigenvalue weighted by Gasteiger charge is -2.15. The summed E-state index contributed by atoms with van der Waals surface area (Å²) in [5.41, 5.74) is 2.21. The van der Waals surface area contributed by atoms with Crippen LogP contribution in [-0.4, -0.2) is 31.9 Å². The lowest BCUT2D eigenvalue weighted by Crippen LogP contribution is -2.24. The molecule has 3 aromatic rings. The number of ether oxygens (including phenoxy) is 1. The quantitative estimate of drug-likeness (QED) is 0.601. The molecule has 0 amide bonds. The van der Waals surface area contributed by atoms with Crippen LogP contribution in [0.1, 0.15) is 24.4 Å². The lowest BCUT2D eigenvalue weighted by molar-refractivity contribution is -0.146. The molecule has 1 atom stereocenters. The number of carbonyl (C=O) groups is 1. The maximum absolute atomic E-state index is 12.7. The van der Waals surface area contributed by atoms with Crippen LogP contribution in [0.15, 0.2) is 35.2 Å². The Bertz CT molecular complexity index is 1010. The van der Waals surface area contributed by atoms with Crippen LogP contribution in [0.4, 0.5) is 0 Å². The average Bonchev–Trinajstić information content (AvgIpc) is 3.24. The zero-order valence-corrected chi connectivity index (χ0v) is 15.7. The number of carbonyl (C=O) groups excluding carboxylic acids is 1. The lowest BCUT2D eigenvalue weighted by atomic mass is 10.1. The van der Waals surface area contributed by atoms with Crippen molar-refractivity contribution < 1.29 is 9.53 Å². The van der Waals surface area contributed by atoms with Gasteiger partial charge in [0, 0.05) is 22.6 Å². The van der Waals surface area contributed by atoms with Crippen LogP contribution in [0.5, 0.6) is 0 Å². The molecule has 3 heterocycles. The Kier molecular flexibility index (Phi) is 4.13. The molecule has 1 aliphatic heterocycles. The van der Waals surface area contributed by atoms with E-state index < -0.39 is 12.0 Å². The van der Waals surface area contributed by atoms with Crippen LogP contribution in [0.25, 0.3) is 17.0 Å². The van der Waals surface area contributed by atoms with Crippen molar-refractivity contribution in [1.82, 2.24) is 19.3 Å². The summed E-state index contributed by atoms with van der Waals surface area (Å²) >= 11 is 9.72. The Hall–Kier alpha value is -2.12. The first-order chi connectivity index (χ1) is 12.1. The highest BCUT2D eigenvalue weighted by molar-refractivity contribution is 9.10. The van der Waals surface area contributed by atoms with E-state index in [0.29, 0.717) is 16.2 Å². The third kappa shape index (κ3) is 2.77. The Morgan fingerprint density at radius 2 is 2.32 bits per heavy atom. The van der Waals surface area contributed by atoms with Gasteiger partial charge in [-0.3, -0.25) is 4.68 Å². The molecule has 1 aromatic carbocycles. The topological polar surface area (TPSA) is 61.9 Å². The number of fused-ring (bicyclic) bond motifs is 2. The van der Waals surface area contributed by atoms with Crippen LogP contribution < -0.4 is 0 Å². The van der Waals surface area contributed by atoms with Crippen LogP contribution in [-0.2, 0) is 16.1 Å². The van der Waals surface area contributed by atoms with Crippen molar-refractivity contribution in [3.8, 4) is 0 Å². The molecule has 25 heavy (non-hydrogen) atoms. The summed E-state index contributed by atoms with van der Waals surface area (Å²) in [7, 11) is 0. The van der Waals surface area contributed by atoms with Gasteiger partial charge in [0.2, 0.25) is 0 Å². The molecule has 0 spiro atoms.